The number of anilines is 2. The van der Waals surface area contributed by atoms with Crippen LogP contribution in [0.4, 0.5) is 11.5 Å². The standard InChI is InChI=1S/C22H19N5O2/c1-14-10-18-15(12-23)6-4-9-19(18)27(14)22-24-13-20(29-3)21(25-22)26(2)16-7-5-8-17(28)11-16/h4-11,13,28H,1-3H3. The zero-order chi connectivity index (χ0) is 20.5. The van der Waals surface area contributed by atoms with Crippen molar-refractivity contribution in [3.8, 4) is 23.5 Å². The summed E-state index contributed by atoms with van der Waals surface area (Å²) in [5.74, 6) is 1.70. The van der Waals surface area contributed by atoms with Gasteiger partial charge in [0.2, 0.25) is 5.95 Å². The summed E-state index contributed by atoms with van der Waals surface area (Å²) >= 11 is 0. The van der Waals surface area contributed by atoms with Crippen molar-refractivity contribution in [1.82, 2.24) is 14.5 Å². The summed E-state index contributed by atoms with van der Waals surface area (Å²) < 4.78 is 7.38. The SMILES string of the molecule is COc1cnc(-n2c(C)cc3c(C#N)cccc32)nc1N(C)c1cccc(O)c1. The Labute approximate surface area is 168 Å². The van der Waals surface area contributed by atoms with Crippen LogP contribution in [-0.2, 0) is 0 Å². The third kappa shape index (κ3) is 3.11. The number of methoxy groups -OCH3 is 1. The van der Waals surface area contributed by atoms with Crippen LogP contribution in [-0.4, -0.2) is 33.8 Å². The third-order valence-electron chi connectivity index (χ3n) is 4.83. The van der Waals surface area contributed by atoms with Gasteiger partial charge in [0.05, 0.1) is 30.5 Å². The zero-order valence-electron chi connectivity index (χ0n) is 16.3. The summed E-state index contributed by atoms with van der Waals surface area (Å²) in [6, 6.07) is 16.7. The molecule has 0 aliphatic rings. The van der Waals surface area contributed by atoms with E-state index in [0.717, 1.165) is 22.3 Å². The molecule has 0 amide bonds. The van der Waals surface area contributed by atoms with Crippen LogP contribution in [0, 0.1) is 18.3 Å². The second kappa shape index (κ2) is 7.17. The normalized spacial score (nSPS) is 10.7. The lowest BCUT2D eigenvalue weighted by molar-refractivity contribution is 0.411. The lowest BCUT2D eigenvalue weighted by Gasteiger charge is -2.21. The lowest BCUT2D eigenvalue weighted by atomic mass is 10.1. The molecule has 29 heavy (non-hydrogen) atoms. The van der Waals surface area contributed by atoms with Gasteiger partial charge < -0.3 is 14.7 Å². The quantitative estimate of drug-likeness (QED) is 0.569. The van der Waals surface area contributed by atoms with Crippen molar-refractivity contribution < 1.29 is 9.84 Å². The van der Waals surface area contributed by atoms with Gasteiger partial charge in [0, 0.05) is 29.9 Å². The molecule has 4 rings (SSSR count). The Balaban J connectivity index is 1.90. The molecule has 7 heteroatoms. The Morgan fingerprint density at radius 3 is 2.69 bits per heavy atom. The predicted molar refractivity (Wildman–Crippen MR) is 111 cm³/mol. The van der Waals surface area contributed by atoms with Crippen molar-refractivity contribution >= 4 is 22.4 Å². The van der Waals surface area contributed by atoms with Crippen LogP contribution in [0.25, 0.3) is 16.9 Å². The number of phenolic OH excluding ortho intramolecular Hbond substituents is 1. The van der Waals surface area contributed by atoms with Crippen molar-refractivity contribution in [2.24, 2.45) is 0 Å². The van der Waals surface area contributed by atoms with E-state index in [4.69, 9.17) is 9.72 Å². The number of benzene rings is 2. The number of nitrogens with zero attached hydrogens (tertiary/aromatic N) is 5. The first-order chi connectivity index (χ1) is 14.0. The number of rotatable bonds is 4. The van der Waals surface area contributed by atoms with E-state index in [2.05, 4.69) is 11.1 Å². The van der Waals surface area contributed by atoms with Gasteiger partial charge in [0.15, 0.2) is 11.6 Å². The minimum absolute atomic E-state index is 0.166. The molecule has 0 spiro atoms. The van der Waals surface area contributed by atoms with Gasteiger partial charge in [-0.25, -0.2) is 4.98 Å². The van der Waals surface area contributed by atoms with Crippen LogP contribution >= 0.6 is 0 Å². The van der Waals surface area contributed by atoms with Gasteiger partial charge in [-0.15, -0.1) is 0 Å². The fourth-order valence-electron chi connectivity index (χ4n) is 3.39. The largest absolute Gasteiger partial charge is 0.508 e. The fraction of sp³-hybridized carbons (Fsp3) is 0.136. The summed E-state index contributed by atoms with van der Waals surface area (Å²) in [5.41, 5.74) is 3.14. The smallest absolute Gasteiger partial charge is 0.236 e. The van der Waals surface area contributed by atoms with Gasteiger partial charge in [0.1, 0.15) is 5.75 Å². The Kier molecular flexibility index (Phi) is 4.53. The van der Waals surface area contributed by atoms with E-state index in [1.165, 1.54) is 0 Å². The minimum atomic E-state index is 0.166. The van der Waals surface area contributed by atoms with E-state index in [0.29, 0.717) is 23.1 Å². The van der Waals surface area contributed by atoms with E-state index in [1.807, 2.05) is 47.7 Å². The number of hydrogen-bond acceptors (Lipinski definition) is 6. The van der Waals surface area contributed by atoms with Gasteiger partial charge in [-0.05, 0) is 37.3 Å². The molecule has 2 heterocycles. The lowest BCUT2D eigenvalue weighted by Crippen LogP contribution is -2.15. The highest BCUT2D eigenvalue weighted by Crippen LogP contribution is 2.33. The van der Waals surface area contributed by atoms with Crippen molar-refractivity contribution in [2.75, 3.05) is 19.1 Å². The number of hydrogen-bond donors (Lipinski definition) is 1. The summed E-state index contributed by atoms with van der Waals surface area (Å²) in [6.07, 6.45) is 1.62. The molecule has 2 aromatic heterocycles. The molecule has 0 atom stereocenters. The first-order valence-corrected chi connectivity index (χ1v) is 8.99. The number of nitriles is 1. The maximum atomic E-state index is 9.82. The molecular formula is C22H19N5O2. The first kappa shape index (κ1) is 18.3. The number of phenols is 1. The summed E-state index contributed by atoms with van der Waals surface area (Å²) in [4.78, 5) is 11.1. The maximum absolute atomic E-state index is 9.82. The number of fused-ring (bicyclic) bond motifs is 1. The zero-order valence-corrected chi connectivity index (χ0v) is 16.3. The summed E-state index contributed by atoms with van der Waals surface area (Å²) in [7, 11) is 3.41. The molecule has 0 bridgehead atoms. The molecule has 144 valence electrons. The second-order valence-electron chi connectivity index (χ2n) is 6.61. The van der Waals surface area contributed by atoms with E-state index in [9.17, 15) is 10.4 Å². The van der Waals surface area contributed by atoms with Crippen LogP contribution < -0.4 is 9.64 Å². The molecule has 0 aliphatic carbocycles. The Hall–Kier alpha value is -4.05. The number of ether oxygens (including phenoxy) is 1. The van der Waals surface area contributed by atoms with Crippen molar-refractivity contribution in [3.05, 3.63) is 66.0 Å². The third-order valence-corrected chi connectivity index (χ3v) is 4.83. The molecule has 1 N–H and O–H groups in total. The molecule has 0 aliphatic heterocycles. The van der Waals surface area contributed by atoms with Crippen molar-refractivity contribution in [2.45, 2.75) is 6.92 Å². The summed E-state index contributed by atoms with van der Waals surface area (Å²) in [5, 5.41) is 20.1. The van der Waals surface area contributed by atoms with Gasteiger partial charge in [-0.3, -0.25) is 4.57 Å². The van der Waals surface area contributed by atoms with Gasteiger partial charge in [-0.1, -0.05) is 12.1 Å². The van der Waals surface area contributed by atoms with E-state index < -0.39 is 0 Å². The van der Waals surface area contributed by atoms with Gasteiger partial charge in [-0.2, -0.15) is 10.2 Å². The molecule has 2 aromatic carbocycles. The van der Waals surface area contributed by atoms with E-state index >= 15 is 0 Å². The topological polar surface area (TPSA) is 87.2 Å². The molecule has 0 saturated carbocycles. The van der Waals surface area contributed by atoms with Crippen molar-refractivity contribution in [1.29, 1.82) is 5.26 Å². The number of aryl methyl sites for hydroxylation is 1. The molecule has 0 fully saturated rings. The Morgan fingerprint density at radius 1 is 1.17 bits per heavy atom. The van der Waals surface area contributed by atoms with E-state index in [1.54, 1.807) is 37.6 Å². The van der Waals surface area contributed by atoms with Gasteiger partial charge in [0.25, 0.3) is 0 Å². The average molecular weight is 385 g/mol. The monoisotopic (exact) mass is 385 g/mol. The predicted octanol–water partition coefficient (Wildman–Crippen LogP) is 4.08. The van der Waals surface area contributed by atoms with Crippen LogP contribution in [0.1, 0.15) is 11.3 Å². The van der Waals surface area contributed by atoms with Gasteiger partial charge >= 0.3 is 0 Å². The van der Waals surface area contributed by atoms with Crippen LogP contribution in [0.2, 0.25) is 0 Å². The maximum Gasteiger partial charge on any atom is 0.236 e. The Morgan fingerprint density at radius 2 is 1.97 bits per heavy atom. The average Bonchev–Trinajstić information content (AvgIpc) is 3.08. The first-order valence-electron chi connectivity index (χ1n) is 8.99. The molecule has 7 nitrogen and oxygen atoms in total. The highest BCUT2D eigenvalue weighted by molar-refractivity contribution is 5.88. The Bertz CT molecular complexity index is 1260. The summed E-state index contributed by atoms with van der Waals surface area (Å²) in [6.45, 7) is 1.95. The molecule has 0 saturated heterocycles. The molecule has 4 aromatic rings. The molecular weight excluding hydrogens is 366 g/mol. The van der Waals surface area contributed by atoms with Crippen LogP contribution in [0.5, 0.6) is 11.5 Å². The number of aromatic nitrogens is 3. The van der Waals surface area contributed by atoms with E-state index in [-0.39, 0.29) is 5.75 Å². The fourth-order valence-corrected chi connectivity index (χ4v) is 3.39. The molecule has 0 radical (unpaired) electrons. The van der Waals surface area contributed by atoms with Crippen molar-refractivity contribution in [3.63, 3.8) is 0 Å². The molecule has 0 unspecified atom stereocenters. The second-order valence-corrected chi connectivity index (χ2v) is 6.61. The van der Waals surface area contributed by atoms with Crippen LogP contribution in [0.3, 0.4) is 0 Å². The van der Waals surface area contributed by atoms with Crippen LogP contribution in [0.15, 0.2) is 54.7 Å². The number of aromatic hydroxyl groups is 1. The highest BCUT2D eigenvalue weighted by atomic mass is 16.5. The minimum Gasteiger partial charge on any atom is -0.508 e. The highest BCUT2D eigenvalue weighted by Gasteiger charge is 2.18.